The summed E-state index contributed by atoms with van der Waals surface area (Å²) in [4.78, 5) is 3.94. The Morgan fingerprint density at radius 1 is 1.62 bits per heavy atom. The van der Waals surface area contributed by atoms with Gasteiger partial charge in [-0.3, -0.25) is 0 Å². The number of aliphatic hydroxyl groups is 1. The molecule has 0 aliphatic carbocycles. The third kappa shape index (κ3) is 5.42. The minimum Gasteiger partial charge on any atom is -0.395 e. The van der Waals surface area contributed by atoms with Crippen LogP contribution in [0.1, 0.15) is 5.69 Å². The number of hydrogen-bond acceptors (Lipinski definition) is 4. The molecule has 0 saturated carbocycles. The van der Waals surface area contributed by atoms with Crippen LogP contribution in [-0.2, 0) is 4.74 Å². The summed E-state index contributed by atoms with van der Waals surface area (Å²) < 4.78 is 5.05. The van der Waals surface area contributed by atoms with Crippen LogP contribution >= 0.6 is 11.6 Å². The van der Waals surface area contributed by atoms with Gasteiger partial charge in [0.05, 0.1) is 25.9 Å². The molecule has 1 atom stereocenters. The van der Waals surface area contributed by atoms with E-state index in [1.165, 1.54) is 0 Å². The molecule has 4 nitrogen and oxygen atoms in total. The minimum atomic E-state index is 0.170. The van der Waals surface area contributed by atoms with E-state index in [1.807, 2.05) is 19.1 Å². The lowest BCUT2D eigenvalue weighted by atomic mass is 10.3. The second kappa shape index (κ2) is 7.57. The topological polar surface area (TPSA) is 54.4 Å². The number of halogens is 1. The number of morpholine rings is 1. The lowest BCUT2D eigenvalue weighted by molar-refractivity contribution is 0.0550. The normalized spacial score (nSPS) is 19.8. The van der Waals surface area contributed by atoms with Crippen molar-refractivity contribution in [1.82, 2.24) is 10.3 Å². The summed E-state index contributed by atoms with van der Waals surface area (Å²) in [5.74, 6) is 0. The number of pyridine rings is 1. The molecule has 0 bridgehead atoms. The van der Waals surface area contributed by atoms with Crippen molar-refractivity contribution in [2.24, 2.45) is 0 Å². The molecule has 90 valence electrons. The number of aromatic nitrogens is 1. The number of nitrogens with one attached hydrogen (secondary N) is 1. The molecule has 1 saturated heterocycles. The van der Waals surface area contributed by atoms with Crippen molar-refractivity contribution in [2.45, 2.75) is 13.0 Å². The van der Waals surface area contributed by atoms with E-state index in [1.54, 1.807) is 6.07 Å². The molecule has 0 spiro atoms. The number of ether oxygens (including phenoxy) is 1. The van der Waals surface area contributed by atoms with E-state index in [9.17, 15) is 0 Å². The Hall–Kier alpha value is -0.680. The molecule has 2 rings (SSSR count). The summed E-state index contributed by atoms with van der Waals surface area (Å²) in [6.07, 6.45) is 0. The summed E-state index contributed by atoms with van der Waals surface area (Å²) in [6, 6.07) is 5.72. The molecule has 0 amide bonds. The van der Waals surface area contributed by atoms with E-state index in [2.05, 4.69) is 10.3 Å². The van der Waals surface area contributed by atoms with Crippen LogP contribution in [-0.4, -0.2) is 42.5 Å². The highest BCUT2D eigenvalue weighted by Gasteiger charge is 2.09. The van der Waals surface area contributed by atoms with Crippen molar-refractivity contribution in [3.05, 3.63) is 29.0 Å². The quantitative estimate of drug-likeness (QED) is 0.724. The maximum Gasteiger partial charge on any atom is 0.129 e. The van der Waals surface area contributed by atoms with Crippen LogP contribution in [0.2, 0.25) is 5.15 Å². The van der Waals surface area contributed by atoms with Crippen LogP contribution in [0.3, 0.4) is 0 Å². The molecular formula is C11H17ClN2O2. The fourth-order valence-electron chi connectivity index (χ4n) is 1.25. The lowest BCUT2D eigenvalue weighted by Crippen LogP contribution is -2.43. The van der Waals surface area contributed by atoms with Gasteiger partial charge in [0.15, 0.2) is 0 Å². The monoisotopic (exact) mass is 244 g/mol. The van der Waals surface area contributed by atoms with Crippen molar-refractivity contribution < 1.29 is 9.84 Å². The van der Waals surface area contributed by atoms with Gasteiger partial charge < -0.3 is 15.2 Å². The third-order valence-corrected chi connectivity index (χ3v) is 2.28. The van der Waals surface area contributed by atoms with E-state index in [4.69, 9.17) is 21.4 Å². The number of rotatable bonds is 1. The molecule has 16 heavy (non-hydrogen) atoms. The number of aliphatic hydroxyl groups excluding tert-OH is 1. The lowest BCUT2D eigenvalue weighted by Gasteiger charge is -2.21. The molecule has 1 aromatic rings. The fourth-order valence-corrected chi connectivity index (χ4v) is 1.45. The first kappa shape index (κ1) is 13.4. The molecule has 0 aromatic carbocycles. The van der Waals surface area contributed by atoms with Crippen LogP contribution in [0.4, 0.5) is 0 Å². The van der Waals surface area contributed by atoms with Crippen molar-refractivity contribution in [1.29, 1.82) is 0 Å². The molecular weight excluding hydrogens is 228 g/mol. The summed E-state index contributed by atoms with van der Waals surface area (Å²) in [5.41, 5.74) is 0.956. The van der Waals surface area contributed by atoms with Gasteiger partial charge in [0.1, 0.15) is 5.15 Å². The Kier molecular flexibility index (Phi) is 6.33. The second-order valence-corrected chi connectivity index (χ2v) is 3.90. The van der Waals surface area contributed by atoms with E-state index in [0.29, 0.717) is 11.8 Å². The number of aryl methyl sites for hydroxylation is 1. The Morgan fingerprint density at radius 3 is 2.81 bits per heavy atom. The number of hydrogen-bond donors (Lipinski definition) is 2. The summed E-state index contributed by atoms with van der Waals surface area (Å²) in [5, 5.41) is 12.2. The Bertz CT molecular complexity index is 287. The summed E-state index contributed by atoms with van der Waals surface area (Å²) in [7, 11) is 0. The van der Waals surface area contributed by atoms with Crippen molar-refractivity contribution in [3.8, 4) is 0 Å². The van der Waals surface area contributed by atoms with Gasteiger partial charge in [-0.15, -0.1) is 0 Å². The molecule has 1 aromatic heterocycles. The third-order valence-electron chi connectivity index (χ3n) is 2.07. The average Bonchev–Trinajstić information content (AvgIpc) is 2.31. The fraction of sp³-hybridized carbons (Fsp3) is 0.545. The van der Waals surface area contributed by atoms with Crippen LogP contribution in [0.15, 0.2) is 18.2 Å². The highest BCUT2D eigenvalue weighted by atomic mass is 35.5. The van der Waals surface area contributed by atoms with Crippen LogP contribution in [0.25, 0.3) is 0 Å². The molecule has 1 unspecified atom stereocenters. The highest BCUT2D eigenvalue weighted by Crippen LogP contribution is 2.02. The SMILES string of the molecule is Cc1cccc(Cl)n1.OCC1COCCN1. The standard InChI is InChI=1S/C6H6ClN.C5H11NO2/c1-5-3-2-4-6(7)8-5;7-3-5-4-8-2-1-6-5/h2-4H,1H3;5-7H,1-4H2. The van der Waals surface area contributed by atoms with Crippen molar-refractivity contribution in [3.63, 3.8) is 0 Å². The first-order valence-corrected chi connectivity index (χ1v) is 5.61. The molecule has 2 N–H and O–H groups in total. The molecule has 1 aliphatic rings. The molecule has 5 heteroatoms. The zero-order valence-electron chi connectivity index (χ0n) is 9.32. The van der Waals surface area contributed by atoms with Gasteiger partial charge in [-0.05, 0) is 19.1 Å². The molecule has 0 radical (unpaired) electrons. The van der Waals surface area contributed by atoms with E-state index >= 15 is 0 Å². The van der Waals surface area contributed by atoms with Crippen molar-refractivity contribution >= 4 is 11.6 Å². The first-order valence-electron chi connectivity index (χ1n) is 5.23. The van der Waals surface area contributed by atoms with Gasteiger partial charge in [0.2, 0.25) is 0 Å². The summed E-state index contributed by atoms with van der Waals surface area (Å²) >= 11 is 5.53. The van der Waals surface area contributed by atoms with E-state index < -0.39 is 0 Å². The maximum atomic E-state index is 8.55. The van der Waals surface area contributed by atoms with Crippen molar-refractivity contribution in [2.75, 3.05) is 26.4 Å². The van der Waals surface area contributed by atoms with E-state index in [-0.39, 0.29) is 12.6 Å². The Labute approximate surface area is 101 Å². The predicted molar refractivity (Wildman–Crippen MR) is 63.7 cm³/mol. The summed E-state index contributed by atoms with van der Waals surface area (Å²) in [6.45, 7) is 4.38. The van der Waals surface area contributed by atoms with Gasteiger partial charge >= 0.3 is 0 Å². The zero-order chi connectivity index (χ0) is 11.8. The largest absolute Gasteiger partial charge is 0.395 e. The van der Waals surface area contributed by atoms with E-state index in [0.717, 1.165) is 18.8 Å². The molecule has 2 heterocycles. The average molecular weight is 245 g/mol. The second-order valence-electron chi connectivity index (χ2n) is 3.51. The van der Waals surface area contributed by atoms with Gasteiger partial charge in [-0.25, -0.2) is 4.98 Å². The smallest absolute Gasteiger partial charge is 0.129 e. The predicted octanol–water partition coefficient (Wildman–Crippen LogP) is 1.01. The van der Waals surface area contributed by atoms with Crippen LogP contribution < -0.4 is 5.32 Å². The van der Waals surface area contributed by atoms with Gasteiger partial charge in [0, 0.05) is 12.2 Å². The number of nitrogens with zero attached hydrogens (tertiary/aromatic N) is 1. The first-order chi connectivity index (χ1) is 7.72. The van der Waals surface area contributed by atoms with Crippen LogP contribution in [0.5, 0.6) is 0 Å². The zero-order valence-corrected chi connectivity index (χ0v) is 10.1. The minimum absolute atomic E-state index is 0.170. The Morgan fingerprint density at radius 2 is 2.44 bits per heavy atom. The Balaban J connectivity index is 0.000000160. The van der Waals surface area contributed by atoms with Gasteiger partial charge in [-0.1, -0.05) is 17.7 Å². The van der Waals surface area contributed by atoms with Gasteiger partial charge in [0.25, 0.3) is 0 Å². The van der Waals surface area contributed by atoms with Crippen LogP contribution in [0, 0.1) is 6.92 Å². The van der Waals surface area contributed by atoms with Gasteiger partial charge in [-0.2, -0.15) is 0 Å². The maximum absolute atomic E-state index is 8.55. The molecule has 1 aliphatic heterocycles. The highest BCUT2D eigenvalue weighted by molar-refractivity contribution is 6.29. The molecule has 1 fully saturated rings.